The van der Waals surface area contributed by atoms with Crippen molar-refractivity contribution < 1.29 is 9.53 Å². The summed E-state index contributed by atoms with van der Waals surface area (Å²) in [5.74, 6) is 0.643. The summed E-state index contributed by atoms with van der Waals surface area (Å²) in [7, 11) is 1.57. The van der Waals surface area contributed by atoms with Gasteiger partial charge in [0, 0.05) is 28.8 Å². The van der Waals surface area contributed by atoms with Crippen molar-refractivity contribution in [2.24, 2.45) is 0 Å². The number of halogens is 1. The van der Waals surface area contributed by atoms with Crippen molar-refractivity contribution in [3.05, 3.63) is 58.6 Å². The number of hydrogen-bond acceptors (Lipinski definition) is 3. The number of nitrogens with two attached hydrogens (primary N) is 1. The summed E-state index contributed by atoms with van der Waals surface area (Å²) >= 11 is 5.87. The molecule has 19 heavy (non-hydrogen) atoms. The van der Waals surface area contributed by atoms with Gasteiger partial charge in [-0.2, -0.15) is 0 Å². The van der Waals surface area contributed by atoms with E-state index >= 15 is 0 Å². The Bertz CT molecular complexity index is 611. The van der Waals surface area contributed by atoms with Crippen LogP contribution in [0.25, 0.3) is 0 Å². The number of rotatable bonds is 4. The molecule has 2 N–H and O–H groups in total. The highest BCUT2D eigenvalue weighted by Crippen LogP contribution is 2.20. The Morgan fingerprint density at radius 3 is 2.74 bits per heavy atom. The third kappa shape index (κ3) is 3.48. The van der Waals surface area contributed by atoms with Crippen LogP contribution >= 0.6 is 11.6 Å². The number of hydrogen-bond donors (Lipinski definition) is 1. The average Bonchev–Trinajstić information content (AvgIpc) is 2.38. The molecule has 2 aromatic rings. The maximum atomic E-state index is 12.1. The van der Waals surface area contributed by atoms with Gasteiger partial charge in [-0.05, 0) is 29.8 Å². The van der Waals surface area contributed by atoms with Crippen LogP contribution in [0.1, 0.15) is 15.9 Å². The first-order valence-electron chi connectivity index (χ1n) is 5.80. The van der Waals surface area contributed by atoms with E-state index < -0.39 is 0 Å². The standard InChI is InChI=1S/C15H14ClNO2/c1-19-14-6-10(5-13(17)9-14)7-15(18)11-3-2-4-12(16)8-11/h2-6,8-9H,7,17H2,1H3. The average molecular weight is 276 g/mol. The lowest BCUT2D eigenvalue weighted by atomic mass is 10.0. The van der Waals surface area contributed by atoms with Crippen LogP contribution in [-0.4, -0.2) is 12.9 Å². The number of ether oxygens (including phenoxy) is 1. The molecule has 0 saturated heterocycles. The number of carbonyl (C=O) groups is 1. The molecule has 0 aliphatic carbocycles. The van der Waals surface area contributed by atoms with E-state index in [1.807, 2.05) is 0 Å². The number of ketones is 1. The molecule has 0 heterocycles. The summed E-state index contributed by atoms with van der Waals surface area (Å²) in [5.41, 5.74) is 7.75. The highest BCUT2D eigenvalue weighted by Gasteiger charge is 2.09. The van der Waals surface area contributed by atoms with Gasteiger partial charge in [-0.1, -0.05) is 23.7 Å². The molecule has 0 aliphatic heterocycles. The van der Waals surface area contributed by atoms with Gasteiger partial charge in [-0.15, -0.1) is 0 Å². The Morgan fingerprint density at radius 1 is 1.26 bits per heavy atom. The number of carbonyl (C=O) groups excluding carboxylic acids is 1. The van der Waals surface area contributed by atoms with Gasteiger partial charge in [0.25, 0.3) is 0 Å². The molecule has 2 aromatic carbocycles. The van der Waals surface area contributed by atoms with Gasteiger partial charge >= 0.3 is 0 Å². The second kappa shape index (κ2) is 5.76. The lowest BCUT2D eigenvalue weighted by Gasteiger charge is -2.06. The first kappa shape index (κ1) is 13.4. The van der Waals surface area contributed by atoms with E-state index in [1.54, 1.807) is 49.6 Å². The molecule has 3 nitrogen and oxygen atoms in total. The molecule has 0 bridgehead atoms. The van der Waals surface area contributed by atoms with Gasteiger partial charge in [0.05, 0.1) is 7.11 Å². The summed E-state index contributed by atoms with van der Waals surface area (Å²) in [4.78, 5) is 12.1. The predicted molar refractivity (Wildman–Crippen MR) is 76.9 cm³/mol. The Labute approximate surface area is 117 Å². The van der Waals surface area contributed by atoms with E-state index in [0.29, 0.717) is 22.0 Å². The minimum absolute atomic E-state index is 0.00449. The van der Waals surface area contributed by atoms with Crippen molar-refractivity contribution in [1.29, 1.82) is 0 Å². The highest BCUT2D eigenvalue weighted by molar-refractivity contribution is 6.31. The quantitative estimate of drug-likeness (QED) is 0.688. The number of methoxy groups -OCH3 is 1. The molecule has 0 unspecified atom stereocenters. The molecule has 0 saturated carbocycles. The van der Waals surface area contributed by atoms with E-state index in [2.05, 4.69) is 0 Å². The SMILES string of the molecule is COc1cc(N)cc(CC(=O)c2cccc(Cl)c2)c1. The van der Waals surface area contributed by atoms with Crippen molar-refractivity contribution >= 4 is 23.1 Å². The molecular formula is C15H14ClNO2. The molecule has 0 fully saturated rings. The third-order valence-corrected chi connectivity index (χ3v) is 2.97. The fourth-order valence-corrected chi connectivity index (χ4v) is 2.05. The second-order valence-electron chi connectivity index (χ2n) is 4.22. The van der Waals surface area contributed by atoms with Crippen LogP contribution in [0.15, 0.2) is 42.5 Å². The van der Waals surface area contributed by atoms with Crippen LogP contribution in [0.4, 0.5) is 5.69 Å². The minimum atomic E-state index is -0.00449. The minimum Gasteiger partial charge on any atom is -0.497 e. The molecule has 0 aliphatic rings. The molecule has 0 amide bonds. The van der Waals surface area contributed by atoms with E-state index in [0.717, 1.165) is 5.56 Å². The summed E-state index contributed by atoms with van der Waals surface area (Å²) in [6.45, 7) is 0. The molecule has 0 atom stereocenters. The van der Waals surface area contributed by atoms with E-state index in [9.17, 15) is 4.79 Å². The summed E-state index contributed by atoms with van der Waals surface area (Å²) < 4.78 is 5.13. The van der Waals surface area contributed by atoms with Gasteiger partial charge < -0.3 is 10.5 Å². The molecule has 0 aromatic heterocycles. The first-order valence-corrected chi connectivity index (χ1v) is 6.18. The van der Waals surface area contributed by atoms with Crippen LogP contribution in [0.2, 0.25) is 5.02 Å². The van der Waals surface area contributed by atoms with Crippen molar-refractivity contribution in [1.82, 2.24) is 0 Å². The number of benzene rings is 2. The number of Topliss-reactive ketones (excluding diaryl/α,β-unsaturated/α-hetero) is 1. The monoisotopic (exact) mass is 275 g/mol. The zero-order valence-corrected chi connectivity index (χ0v) is 11.3. The van der Waals surface area contributed by atoms with Crippen LogP contribution in [-0.2, 0) is 6.42 Å². The fourth-order valence-electron chi connectivity index (χ4n) is 1.86. The zero-order valence-electron chi connectivity index (χ0n) is 10.5. The first-order chi connectivity index (χ1) is 9.08. The molecule has 2 rings (SSSR count). The largest absolute Gasteiger partial charge is 0.497 e. The van der Waals surface area contributed by atoms with Crippen molar-refractivity contribution in [2.45, 2.75) is 6.42 Å². The number of anilines is 1. The van der Waals surface area contributed by atoms with Gasteiger partial charge in [0.1, 0.15) is 5.75 Å². The normalized spacial score (nSPS) is 10.2. The molecule has 0 radical (unpaired) electrons. The van der Waals surface area contributed by atoms with Crippen molar-refractivity contribution in [3.63, 3.8) is 0 Å². The fraction of sp³-hybridized carbons (Fsp3) is 0.133. The summed E-state index contributed by atoms with van der Waals surface area (Å²) in [6, 6.07) is 12.2. The summed E-state index contributed by atoms with van der Waals surface area (Å²) in [5, 5.41) is 0.552. The maximum absolute atomic E-state index is 12.1. The van der Waals surface area contributed by atoms with Gasteiger partial charge in [-0.3, -0.25) is 4.79 Å². The maximum Gasteiger partial charge on any atom is 0.167 e. The molecule has 98 valence electrons. The number of nitrogen functional groups attached to an aromatic ring is 1. The smallest absolute Gasteiger partial charge is 0.167 e. The van der Waals surface area contributed by atoms with Crippen molar-refractivity contribution in [3.8, 4) is 5.75 Å². The molecule has 4 heteroatoms. The predicted octanol–water partition coefficient (Wildman–Crippen LogP) is 3.36. The van der Waals surface area contributed by atoms with E-state index in [1.165, 1.54) is 0 Å². The Morgan fingerprint density at radius 2 is 2.05 bits per heavy atom. The van der Waals surface area contributed by atoms with Crippen molar-refractivity contribution in [2.75, 3.05) is 12.8 Å². The second-order valence-corrected chi connectivity index (χ2v) is 4.66. The lowest BCUT2D eigenvalue weighted by molar-refractivity contribution is 0.0993. The Hall–Kier alpha value is -2.00. The van der Waals surface area contributed by atoms with Gasteiger partial charge in [0.15, 0.2) is 5.78 Å². The van der Waals surface area contributed by atoms with E-state index in [4.69, 9.17) is 22.1 Å². The van der Waals surface area contributed by atoms with Crippen LogP contribution < -0.4 is 10.5 Å². The third-order valence-electron chi connectivity index (χ3n) is 2.74. The Kier molecular flexibility index (Phi) is 4.07. The van der Waals surface area contributed by atoms with E-state index in [-0.39, 0.29) is 12.2 Å². The van der Waals surface area contributed by atoms with Crippen LogP contribution in [0.5, 0.6) is 5.75 Å². The summed E-state index contributed by atoms with van der Waals surface area (Å²) in [6.07, 6.45) is 0.266. The molecular weight excluding hydrogens is 262 g/mol. The zero-order chi connectivity index (χ0) is 13.8. The van der Waals surface area contributed by atoms with Gasteiger partial charge in [0.2, 0.25) is 0 Å². The van der Waals surface area contributed by atoms with Crippen LogP contribution in [0.3, 0.4) is 0 Å². The molecule has 0 spiro atoms. The lowest BCUT2D eigenvalue weighted by Crippen LogP contribution is -2.04. The highest BCUT2D eigenvalue weighted by atomic mass is 35.5. The Balaban J connectivity index is 2.21. The van der Waals surface area contributed by atoms with Crippen LogP contribution in [0, 0.1) is 0 Å². The van der Waals surface area contributed by atoms with Gasteiger partial charge in [-0.25, -0.2) is 0 Å². The topological polar surface area (TPSA) is 52.3 Å².